The highest BCUT2D eigenvalue weighted by Crippen LogP contribution is 2.25. The minimum atomic E-state index is -0.102. The fourth-order valence-electron chi connectivity index (χ4n) is 1.52. The summed E-state index contributed by atoms with van der Waals surface area (Å²) in [4.78, 5) is 12.0. The van der Waals surface area contributed by atoms with Crippen molar-refractivity contribution in [1.82, 2.24) is 0 Å². The molecule has 1 unspecified atom stereocenters. The average molecular weight is 237 g/mol. The molecule has 0 bridgehead atoms. The highest BCUT2D eigenvalue weighted by Gasteiger charge is 2.15. The molecule has 2 N–H and O–H groups in total. The lowest BCUT2D eigenvalue weighted by molar-refractivity contribution is 0.0971. The second-order valence-corrected chi connectivity index (χ2v) is 3.86. The maximum atomic E-state index is 12.0. The highest BCUT2D eigenvalue weighted by molar-refractivity contribution is 5.99. The molecule has 0 aliphatic heterocycles. The molecule has 0 aliphatic rings. The van der Waals surface area contributed by atoms with Gasteiger partial charge in [0.2, 0.25) is 0 Å². The summed E-state index contributed by atoms with van der Waals surface area (Å²) >= 11 is 0. The van der Waals surface area contributed by atoms with Crippen LogP contribution < -0.4 is 15.2 Å². The third-order valence-electron chi connectivity index (χ3n) is 2.68. The summed E-state index contributed by atoms with van der Waals surface area (Å²) < 4.78 is 10.3. The molecule has 0 heterocycles. The number of hydrogen-bond donors (Lipinski definition) is 1. The Labute approximate surface area is 102 Å². The first-order valence-corrected chi connectivity index (χ1v) is 5.63. The van der Waals surface area contributed by atoms with Gasteiger partial charge in [0.05, 0.1) is 19.8 Å². The largest absolute Gasteiger partial charge is 0.497 e. The van der Waals surface area contributed by atoms with E-state index in [1.807, 2.05) is 6.92 Å². The van der Waals surface area contributed by atoms with E-state index >= 15 is 0 Å². The van der Waals surface area contributed by atoms with Crippen molar-refractivity contribution < 1.29 is 14.3 Å². The van der Waals surface area contributed by atoms with Crippen molar-refractivity contribution in [3.8, 4) is 11.5 Å². The van der Waals surface area contributed by atoms with Gasteiger partial charge in [-0.15, -0.1) is 0 Å². The molecule has 0 radical (unpaired) electrons. The van der Waals surface area contributed by atoms with Crippen molar-refractivity contribution in [2.24, 2.45) is 5.73 Å². The maximum absolute atomic E-state index is 12.0. The van der Waals surface area contributed by atoms with Crippen molar-refractivity contribution >= 4 is 5.78 Å². The van der Waals surface area contributed by atoms with Crippen LogP contribution in [0.5, 0.6) is 11.5 Å². The van der Waals surface area contributed by atoms with Crippen LogP contribution in [0.2, 0.25) is 0 Å². The van der Waals surface area contributed by atoms with E-state index < -0.39 is 0 Å². The summed E-state index contributed by atoms with van der Waals surface area (Å²) in [6.07, 6.45) is 1.11. The Hall–Kier alpha value is -1.55. The standard InChI is InChI=1S/C13H19NO3/c1-4-9(14)7-12(15)11-6-5-10(16-2)8-13(11)17-3/h5-6,8-9H,4,7,14H2,1-3H3. The Bertz CT molecular complexity index is 390. The smallest absolute Gasteiger partial charge is 0.168 e. The highest BCUT2D eigenvalue weighted by atomic mass is 16.5. The van der Waals surface area contributed by atoms with Crippen LogP contribution in [0.1, 0.15) is 30.1 Å². The first kappa shape index (κ1) is 13.5. The fraction of sp³-hybridized carbons (Fsp3) is 0.462. The lowest BCUT2D eigenvalue weighted by Gasteiger charge is -2.11. The van der Waals surface area contributed by atoms with E-state index in [-0.39, 0.29) is 11.8 Å². The van der Waals surface area contributed by atoms with Gasteiger partial charge in [0.25, 0.3) is 0 Å². The second-order valence-electron chi connectivity index (χ2n) is 3.86. The minimum absolute atomic E-state index is 0.00106. The summed E-state index contributed by atoms with van der Waals surface area (Å²) in [5, 5.41) is 0. The van der Waals surface area contributed by atoms with Crippen LogP contribution in [0.15, 0.2) is 18.2 Å². The maximum Gasteiger partial charge on any atom is 0.168 e. The van der Waals surface area contributed by atoms with Crippen LogP contribution in [0, 0.1) is 0 Å². The molecule has 1 rings (SSSR count). The number of ketones is 1. The molecular formula is C13H19NO3. The summed E-state index contributed by atoms with van der Waals surface area (Å²) in [7, 11) is 3.11. The molecular weight excluding hydrogens is 218 g/mol. The van der Waals surface area contributed by atoms with E-state index in [0.29, 0.717) is 23.5 Å². The molecule has 4 nitrogen and oxygen atoms in total. The topological polar surface area (TPSA) is 61.6 Å². The van der Waals surface area contributed by atoms with Crippen LogP contribution in [0.4, 0.5) is 0 Å². The van der Waals surface area contributed by atoms with Gasteiger partial charge in [0.15, 0.2) is 5.78 Å². The lowest BCUT2D eigenvalue weighted by Crippen LogP contribution is -2.22. The fourth-order valence-corrected chi connectivity index (χ4v) is 1.52. The van der Waals surface area contributed by atoms with Crippen LogP contribution in [0.3, 0.4) is 0 Å². The second kappa shape index (κ2) is 6.25. The summed E-state index contributed by atoms with van der Waals surface area (Å²) in [5.74, 6) is 1.19. The molecule has 0 saturated carbocycles. The molecule has 0 fully saturated rings. The van der Waals surface area contributed by atoms with E-state index in [4.69, 9.17) is 15.2 Å². The van der Waals surface area contributed by atoms with E-state index in [9.17, 15) is 4.79 Å². The first-order valence-electron chi connectivity index (χ1n) is 5.63. The van der Waals surface area contributed by atoms with E-state index in [0.717, 1.165) is 6.42 Å². The number of benzene rings is 1. The molecule has 94 valence electrons. The van der Waals surface area contributed by atoms with Gasteiger partial charge in [-0.25, -0.2) is 0 Å². The zero-order chi connectivity index (χ0) is 12.8. The number of hydrogen-bond acceptors (Lipinski definition) is 4. The van der Waals surface area contributed by atoms with Gasteiger partial charge in [0.1, 0.15) is 11.5 Å². The van der Waals surface area contributed by atoms with E-state index in [1.165, 1.54) is 7.11 Å². The Balaban J connectivity index is 2.93. The third-order valence-corrected chi connectivity index (χ3v) is 2.68. The van der Waals surface area contributed by atoms with Crippen molar-refractivity contribution in [3.05, 3.63) is 23.8 Å². The van der Waals surface area contributed by atoms with Crippen molar-refractivity contribution in [1.29, 1.82) is 0 Å². The predicted molar refractivity (Wildman–Crippen MR) is 66.8 cm³/mol. The zero-order valence-corrected chi connectivity index (χ0v) is 10.5. The summed E-state index contributed by atoms with van der Waals surface area (Å²) in [6.45, 7) is 1.96. The molecule has 1 atom stereocenters. The SMILES string of the molecule is CCC(N)CC(=O)c1ccc(OC)cc1OC. The molecule has 0 aliphatic carbocycles. The minimum Gasteiger partial charge on any atom is -0.497 e. The van der Waals surface area contributed by atoms with Crippen molar-refractivity contribution in [2.45, 2.75) is 25.8 Å². The summed E-state index contributed by atoms with van der Waals surface area (Å²) in [6, 6.07) is 5.05. The van der Waals surface area contributed by atoms with Crippen molar-refractivity contribution in [2.75, 3.05) is 14.2 Å². The Morgan fingerprint density at radius 2 is 2.06 bits per heavy atom. The van der Waals surface area contributed by atoms with E-state index in [1.54, 1.807) is 25.3 Å². The zero-order valence-electron chi connectivity index (χ0n) is 10.5. The van der Waals surface area contributed by atoms with Gasteiger partial charge in [-0.05, 0) is 18.6 Å². The van der Waals surface area contributed by atoms with Crippen molar-refractivity contribution in [3.63, 3.8) is 0 Å². The molecule has 0 amide bonds. The van der Waals surface area contributed by atoms with E-state index in [2.05, 4.69) is 0 Å². The van der Waals surface area contributed by atoms with Gasteiger partial charge in [-0.2, -0.15) is 0 Å². The number of carbonyl (C=O) groups excluding carboxylic acids is 1. The number of Topliss-reactive ketones (excluding diaryl/α,β-unsaturated/α-hetero) is 1. The van der Waals surface area contributed by atoms with Gasteiger partial charge >= 0.3 is 0 Å². The Kier molecular flexibility index (Phi) is 4.97. The number of carbonyl (C=O) groups is 1. The monoisotopic (exact) mass is 237 g/mol. The predicted octanol–water partition coefficient (Wildman–Crippen LogP) is 2.01. The van der Waals surface area contributed by atoms with Crippen LogP contribution >= 0.6 is 0 Å². The molecule has 1 aromatic carbocycles. The van der Waals surface area contributed by atoms with Gasteiger partial charge < -0.3 is 15.2 Å². The summed E-state index contributed by atoms with van der Waals surface area (Å²) in [5.41, 5.74) is 6.33. The van der Waals surface area contributed by atoms with Crippen LogP contribution in [-0.4, -0.2) is 26.0 Å². The number of ether oxygens (including phenoxy) is 2. The Morgan fingerprint density at radius 1 is 1.35 bits per heavy atom. The normalized spacial score (nSPS) is 12.0. The molecule has 0 spiro atoms. The van der Waals surface area contributed by atoms with Crippen LogP contribution in [-0.2, 0) is 0 Å². The molecule has 1 aromatic rings. The average Bonchev–Trinajstić information content (AvgIpc) is 2.37. The third kappa shape index (κ3) is 3.46. The number of rotatable bonds is 6. The number of nitrogens with two attached hydrogens (primary N) is 1. The molecule has 17 heavy (non-hydrogen) atoms. The molecule has 0 aromatic heterocycles. The van der Waals surface area contributed by atoms with Gasteiger partial charge in [-0.1, -0.05) is 6.92 Å². The number of methoxy groups -OCH3 is 2. The van der Waals surface area contributed by atoms with Crippen LogP contribution in [0.25, 0.3) is 0 Å². The molecule has 4 heteroatoms. The molecule has 0 saturated heterocycles. The Morgan fingerprint density at radius 3 is 2.59 bits per heavy atom. The van der Waals surface area contributed by atoms with Gasteiger partial charge in [-0.3, -0.25) is 4.79 Å². The first-order chi connectivity index (χ1) is 8.12. The lowest BCUT2D eigenvalue weighted by atomic mass is 10.0. The quantitative estimate of drug-likeness (QED) is 0.769. The van der Waals surface area contributed by atoms with Gasteiger partial charge in [0, 0.05) is 18.5 Å².